The van der Waals surface area contributed by atoms with E-state index in [4.69, 9.17) is 10.00 Å². The lowest BCUT2D eigenvalue weighted by Crippen LogP contribution is -2.47. The van der Waals surface area contributed by atoms with Crippen LogP contribution >= 0.6 is 0 Å². The van der Waals surface area contributed by atoms with E-state index in [1.54, 1.807) is 38.1 Å². The second kappa shape index (κ2) is 6.97. The first kappa shape index (κ1) is 16.6. The highest BCUT2D eigenvalue weighted by Gasteiger charge is 2.35. The third kappa shape index (κ3) is 3.19. The molecular formula is C17H19N3O3. The lowest BCUT2D eigenvalue weighted by Gasteiger charge is -2.34. The first-order chi connectivity index (χ1) is 11.0. The predicted molar refractivity (Wildman–Crippen MR) is 84.1 cm³/mol. The van der Waals surface area contributed by atoms with Crippen LogP contribution in [0, 0.1) is 11.3 Å². The highest BCUT2D eigenvalue weighted by atomic mass is 16.5. The molecule has 0 unspecified atom stereocenters. The van der Waals surface area contributed by atoms with Crippen molar-refractivity contribution in [2.45, 2.75) is 26.8 Å². The lowest BCUT2D eigenvalue weighted by molar-refractivity contribution is -0.139. The Hall–Kier alpha value is -2.81. The molecule has 0 saturated heterocycles. The number of carbonyl (C=O) groups excluding carboxylic acids is 2. The molecule has 0 fully saturated rings. The van der Waals surface area contributed by atoms with Crippen LogP contribution in [0.1, 0.15) is 37.9 Å². The molecule has 1 aromatic rings. The zero-order chi connectivity index (χ0) is 17.0. The van der Waals surface area contributed by atoms with E-state index in [2.05, 4.69) is 11.4 Å². The van der Waals surface area contributed by atoms with Crippen LogP contribution in [-0.4, -0.2) is 30.1 Å². The van der Waals surface area contributed by atoms with Crippen LogP contribution in [0.4, 0.5) is 4.79 Å². The average molecular weight is 313 g/mol. The molecule has 23 heavy (non-hydrogen) atoms. The fourth-order valence-electron chi connectivity index (χ4n) is 2.67. The maximum Gasteiger partial charge on any atom is 0.338 e. The van der Waals surface area contributed by atoms with Gasteiger partial charge in [0.25, 0.3) is 0 Å². The molecule has 0 saturated carbocycles. The quantitative estimate of drug-likeness (QED) is 0.866. The largest absolute Gasteiger partial charge is 0.463 e. The summed E-state index contributed by atoms with van der Waals surface area (Å²) < 4.78 is 5.15. The summed E-state index contributed by atoms with van der Waals surface area (Å²) in [5, 5.41) is 11.9. The fourth-order valence-corrected chi connectivity index (χ4v) is 2.67. The summed E-state index contributed by atoms with van der Waals surface area (Å²) in [6.45, 7) is 6.00. The fraction of sp³-hybridized carbons (Fsp3) is 0.353. The molecule has 1 aliphatic heterocycles. The van der Waals surface area contributed by atoms with Crippen molar-refractivity contribution in [2.24, 2.45) is 0 Å². The molecule has 1 N–H and O–H groups in total. The number of hydrogen-bond donors (Lipinski definition) is 1. The van der Waals surface area contributed by atoms with Gasteiger partial charge in [-0.2, -0.15) is 5.26 Å². The van der Waals surface area contributed by atoms with E-state index in [9.17, 15) is 9.59 Å². The Morgan fingerprint density at radius 1 is 1.43 bits per heavy atom. The number of nitrogens with one attached hydrogen (secondary N) is 1. The molecule has 1 aromatic carbocycles. The standard InChI is InChI=1S/C17H19N3O3/c1-4-20-11(3)14(16(21)23-5-2)15(19-17(20)22)13-8-6-7-12(9-13)10-18/h6-9,15H,4-5H2,1-3H3,(H,19,22)/t15-/m1/s1. The second-order valence-corrected chi connectivity index (χ2v) is 5.08. The minimum atomic E-state index is -0.627. The smallest absolute Gasteiger partial charge is 0.338 e. The van der Waals surface area contributed by atoms with Gasteiger partial charge < -0.3 is 10.1 Å². The van der Waals surface area contributed by atoms with Gasteiger partial charge >= 0.3 is 12.0 Å². The summed E-state index contributed by atoms with van der Waals surface area (Å²) in [5.74, 6) is -0.462. The van der Waals surface area contributed by atoms with Crippen LogP contribution in [0.2, 0.25) is 0 Å². The molecule has 6 heteroatoms. The molecule has 1 heterocycles. The zero-order valence-electron chi connectivity index (χ0n) is 13.4. The van der Waals surface area contributed by atoms with E-state index in [1.165, 1.54) is 4.90 Å². The van der Waals surface area contributed by atoms with Crippen LogP contribution in [-0.2, 0) is 9.53 Å². The third-order valence-electron chi connectivity index (χ3n) is 3.76. The summed E-state index contributed by atoms with van der Waals surface area (Å²) in [4.78, 5) is 26.2. The van der Waals surface area contributed by atoms with E-state index in [1.807, 2.05) is 6.92 Å². The Labute approximate surface area is 135 Å². The van der Waals surface area contributed by atoms with Gasteiger partial charge in [-0.25, -0.2) is 9.59 Å². The molecule has 0 aromatic heterocycles. The Bertz CT molecular complexity index is 703. The molecule has 0 radical (unpaired) electrons. The van der Waals surface area contributed by atoms with Crippen molar-refractivity contribution in [2.75, 3.05) is 13.2 Å². The van der Waals surface area contributed by atoms with E-state index < -0.39 is 12.0 Å². The van der Waals surface area contributed by atoms with Crippen molar-refractivity contribution in [1.29, 1.82) is 5.26 Å². The highest BCUT2D eigenvalue weighted by Crippen LogP contribution is 2.31. The first-order valence-corrected chi connectivity index (χ1v) is 7.49. The number of allylic oxidation sites excluding steroid dienone is 1. The van der Waals surface area contributed by atoms with Crippen LogP contribution in [0.5, 0.6) is 0 Å². The number of amides is 2. The maximum atomic E-state index is 12.4. The van der Waals surface area contributed by atoms with Gasteiger partial charge in [-0.3, -0.25) is 4.90 Å². The van der Waals surface area contributed by atoms with E-state index in [0.29, 0.717) is 28.9 Å². The molecule has 6 nitrogen and oxygen atoms in total. The number of nitrogens with zero attached hydrogens (tertiary/aromatic N) is 2. The molecule has 0 aliphatic carbocycles. The maximum absolute atomic E-state index is 12.4. The minimum absolute atomic E-state index is 0.251. The number of ether oxygens (including phenoxy) is 1. The van der Waals surface area contributed by atoms with Gasteiger partial charge in [-0.15, -0.1) is 0 Å². The summed E-state index contributed by atoms with van der Waals surface area (Å²) in [6, 6.07) is 8.01. The van der Waals surface area contributed by atoms with Crippen LogP contribution in [0.25, 0.3) is 0 Å². The molecule has 1 aliphatic rings. The molecule has 1 atom stereocenters. The predicted octanol–water partition coefficient (Wildman–Crippen LogP) is 2.48. The number of rotatable bonds is 4. The number of carbonyl (C=O) groups is 2. The topological polar surface area (TPSA) is 82.4 Å². The average Bonchev–Trinajstić information content (AvgIpc) is 2.54. The van der Waals surface area contributed by atoms with Gasteiger partial charge in [0, 0.05) is 12.2 Å². The molecule has 0 spiro atoms. The first-order valence-electron chi connectivity index (χ1n) is 7.49. The van der Waals surface area contributed by atoms with Crippen molar-refractivity contribution < 1.29 is 14.3 Å². The number of urea groups is 1. The number of esters is 1. The Morgan fingerprint density at radius 3 is 2.78 bits per heavy atom. The number of benzene rings is 1. The summed E-state index contributed by atoms with van der Waals surface area (Å²) in [5.41, 5.74) is 2.11. The van der Waals surface area contributed by atoms with Gasteiger partial charge in [-0.05, 0) is 38.5 Å². The van der Waals surface area contributed by atoms with Crippen molar-refractivity contribution >= 4 is 12.0 Å². The summed E-state index contributed by atoms with van der Waals surface area (Å²) >= 11 is 0. The second-order valence-electron chi connectivity index (χ2n) is 5.08. The van der Waals surface area contributed by atoms with E-state index in [-0.39, 0.29) is 12.6 Å². The SMILES string of the molecule is CCOC(=O)C1=C(C)N(CC)C(=O)N[C@@H]1c1cccc(C#N)c1. The van der Waals surface area contributed by atoms with Crippen molar-refractivity contribution in [1.82, 2.24) is 10.2 Å². The summed E-state index contributed by atoms with van der Waals surface area (Å²) in [7, 11) is 0. The van der Waals surface area contributed by atoms with Gasteiger partial charge in [0.1, 0.15) is 0 Å². The van der Waals surface area contributed by atoms with Gasteiger partial charge in [0.05, 0.1) is 29.9 Å². The number of nitriles is 1. The van der Waals surface area contributed by atoms with Crippen molar-refractivity contribution in [3.63, 3.8) is 0 Å². The molecule has 2 rings (SSSR count). The van der Waals surface area contributed by atoms with Crippen LogP contribution < -0.4 is 5.32 Å². The summed E-state index contributed by atoms with van der Waals surface area (Å²) in [6.07, 6.45) is 0. The zero-order valence-corrected chi connectivity index (χ0v) is 13.4. The minimum Gasteiger partial charge on any atom is -0.463 e. The highest BCUT2D eigenvalue weighted by molar-refractivity contribution is 5.95. The third-order valence-corrected chi connectivity index (χ3v) is 3.76. The molecular weight excluding hydrogens is 294 g/mol. The van der Waals surface area contributed by atoms with Crippen molar-refractivity contribution in [3.8, 4) is 6.07 Å². The number of hydrogen-bond acceptors (Lipinski definition) is 4. The van der Waals surface area contributed by atoms with Crippen LogP contribution in [0.15, 0.2) is 35.5 Å². The van der Waals surface area contributed by atoms with Crippen LogP contribution in [0.3, 0.4) is 0 Å². The van der Waals surface area contributed by atoms with Gasteiger partial charge in [0.2, 0.25) is 0 Å². The van der Waals surface area contributed by atoms with Crippen molar-refractivity contribution in [3.05, 3.63) is 46.7 Å². The van der Waals surface area contributed by atoms with Gasteiger partial charge in [0.15, 0.2) is 0 Å². The van der Waals surface area contributed by atoms with E-state index >= 15 is 0 Å². The molecule has 120 valence electrons. The van der Waals surface area contributed by atoms with Gasteiger partial charge in [-0.1, -0.05) is 12.1 Å². The van der Waals surface area contributed by atoms with E-state index in [0.717, 1.165) is 0 Å². The normalized spacial score (nSPS) is 17.6. The Morgan fingerprint density at radius 2 is 2.17 bits per heavy atom. The lowest BCUT2D eigenvalue weighted by atomic mass is 9.94. The monoisotopic (exact) mass is 313 g/mol. The Balaban J connectivity index is 2.55. The Kier molecular flexibility index (Phi) is 5.02. The molecule has 2 amide bonds. The molecule has 0 bridgehead atoms.